The summed E-state index contributed by atoms with van der Waals surface area (Å²) in [7, 11) is 4.24. The topological polar surface area (TPSA) is 152 Å². The van der Waals surface area contributed by atoms with Gasteiger partial charge in [0.2, 0.25) is 9.05 Å². The Labute approximate surface area is 215 Å². The van der Waals surface area contributed by atoms with Crippen LogP contribution < -0.4 is 0 Å². The fourth-order valence-electron chi connectivity index (χ4n) is 3.17. The zero-order valence-corrected chi connectivity index (χ0v) is 21.9. The Balaban J connectivity index is 0.000000212. The molecule has 0 spiro atoms. The maximum Gasteiger partial charge on any atom is 0.261 e. The first kappa shape index (κ1) is 29.3. The van der Waals surface area contributed by atoms with Crippen LogP contribution in [0.15, 0.2) is 48.5 Å². The van der Waals surface area contributed by atoms with Crippen molar-refractivity contribution >= 4 is 54.6 Å². The molecule has 0 bridgehead atoms. The minimum absolute atomic E-state index is 0.178. The molecular weight excluding hydrogens is 534 g/mol. The highest BCUT2D eigenvalue weighted by Gasteiger charge is 2.35. The van der Waals surface area contributed by atoms with Crippen molar-refractivity contribution in [3.63, 3.8) is 0 Å². The Kier molecular flexibility index (Phi) is 10.0. The molecule has 0 aliphatic carbocycles. The Bertz CT molecular complexity index is 1240. The minimum atomic E-state index is -3.72. The zero-order chi connectivity index (χ0) is 27.2. The van der Waals surface area contributed by atoms with Gasteiger partial charge in [-0.25, -0.2) is 12.7 Å². The minimum Gasteiger partial charge on any atom is -0.760 e. The number of benzene rings is 2. The highest BCUT2D eigenvalue weighted by atomic mass is 35.7. The molecule has 1 unspecified atom stereocenters. The molecule has 0 radical (unpaired) electrons. The SMILES string of the molecule is CCN1C(=O)c2ccccc2C1=O.CN(C)S(=O)[O-].O=C1c2ccccc2C(=O)N1CCS(=O)(=O)Cl. The lowest BCUT2D eigenvalue weighted by Crippen LogP contribution is -2.33. The Morgan fingerprint density at radius 3 is 1.36 bits per heavy atom. The lowest BCUT2D eigenvalue weighted by molar-refractivity contribution is 0.0647. The van der Waals surface area contributed by atoms with Crippen molar-refractivity contribution in [2.24, 2.45) is 0 Å². The number of amides is 4. The summed E-state index contributed by atoms with van der Waals surface area (Å²) in [5.41, 5.74) is 1.64. The molecule has 0 saturated carbocycles. The number of carbonyl (C=O) groups is 4. The molecule has 0 fully saturated rings. The second kappa shape index (κ2) is 12.3. The fraction of sp³-hybridized carbons (Fsp3) is 0.273. The summed E-state index contributed by atoms with van der Waals surface area (Å²) in [5.74, 6) is -1.76. The monoisotopic (exact) mass is 556 g/mol. The van der Waals surface area contributed by atoms with Gasteiger partial charge in [0.05, 0.1) is 28.0 Å². The maximum absolute atomic E-state index is 11.8. The molecule has 1 atom stereocenters. The number of nitrogens with zero attached hydrogens (tertiary/aromatic N) is 3. The molecule has 4 amide bonds. The van der Waals surface area contributed by atoms with Crippen LogP contribution in [-0.2, 0) is 20.3 Å². The van der Waals surface area contributed by atoms with Gasteiger partial charge in [0.25, 0.3) is 23.6 Å². The third-order valence-electron chi connectivity index (χ3n) is 4.93. The lowest BCUT2D eigenvalue weighted by atomic mass is 10.1. The predicted molar refractivity (Wildman–Crippen MR) is 132 cm³/mol. The second-order valence-electron chi connectivity index (χ2n) is 7.48. The van der Waals surface area contributed by atoms with E-state index in [-0.39, 0.29) is 18.4 Å². The molecule has 2 heterocycles. The molecule has 2 aliphatic rings. The van der Waals surface area contributed by atoms with Crippen LogP contribution in [0.5, 0.6) is 0 Å². The van der Waals surface area contributed by atoms with Crippen LogP contribution in [0.25, 0.3) is 0 Å². The summed E-state index contributed by atoms with van der Waals surface area (Å²) in [5, 5.41) is 0. The number of imide groups is 2. The highest BCUT2D eigenvalue weighted by Crippen LogP contribution is 2.23. The Hall–Kier alpha value is -2.97. The predicted octanol–water partition coefficient (Wildman–Crippen LogP) is 1.50. The molecular formula is C22H23ClN3O8S2-. The van der Waals surface area contributed by atoms with Crippen molar-refractivity contribution in [2.75, 3.05) is 32.9 Å². The molecule has 36 heavy (non-hydrogen) atoms. The van der Waals surface area contributed by atoms with E-state index < -0.39 is 37.9 Å². The summed E-state index contributed by atoms with van der Waals surface area (Å²) in [6, 6.07) is 13.3. The molecule has 2 aliphatic heterocycles. The Morgan fingerprint density at radius 2 is 1.11 bits per heavy atom. The molecule has 0 saturated heterocycles. The van der Waals surface area contributed by atoms with Crippen LogP contribution in [0.1, 0.15) is 48.4 Å². The maximum atomic E-state index is 11.8. The van der Waals surface area contributed by atoms with E-state index in [2.05, 4.69) is 0 Å². The van der Waals surface area contributed by atoms with Crippen LogP contribution in [0.4, 0.5) is 0 Å². The van der Waals surface area contributed by atoms with E-state index in [1.54, 1.807) is 43.3 Å². The zero-order valence-electron chi connectivity index (χ0n) is 19.5. The normalized spacial score (nSPS) is 15.2. The fourth-order valence-corrected chi connectivity index (χ4v) is 3.78. The van der Waals surface area contributed by atoms with Crippen LogP contribution in [-0.4, -0.2) is 87.9 Å². The third-order valence-corrected chi connectivity index (χ3v) is 6.66. The van der Waals surface area contributed by atoms with E-state index in [1.165, 1.54) is 31.1 Å². The molecule has 194 valence electrons. The quantitative estimate of drug-likeness (QED) is 0.305. The van der Waals surface area contributed by atoms with Gasteiger partial charge in [0, 0.05) is 35.0 Å². The highest BCUT2D eigenvalue weighted by molar-refractivity contribution is 8.13. The number of hydrogen-bond donors (Lipinski definition) is 0. The van der Waals surface area contributed by atoms with E-state index in [1.807, 2.05) is 0 Å². The number of rotatable bonds is 5. The standard InChI is InChI=1S/C10H8ClNO4S.C10H9NO2.C2H7NO2S/c11-17(15,16)6-5-12-9(13)7-3-1-2-4-8(7)10(12)14;1-2-11-9(12)7-5-3-4-6-8(7)10(11)13;1-3(2)6(4)5/h1-4H,5-6H2;3-6H,2H2,1H3;1-2H3,(H,4,5)/p-1. The summed E-state index contributed by atoms with van der Waals surface area (Å²) in [4.78, 5) is 48.8. The second-order valence-corrected chi connectivity index (χ2v) is 11.5. The summed E-state index contributed by atoms with van der Waals surface area (Å²) in [6.07, 6.45) is 0. The summed E-state index contributed by atoms with van der Waals surface area (Å²) < 4.78 is 41.9. The molecule has 0 aromatic heterocycles. The van der Waals surface area contributed by atoms with Gasteiger partial charge >= 0.3 is 0 Å². The van der Waals surface area contributed by atoms with Gasteiger partial charge in [-0.1, -0.05) is 24.3 Å². The van der Waals surface area contributed by atoms with Crippen molar-refractivity contribution in [3.05, 3.63) is 70.8 Å². The first-order chi connectivity index (χ1) is 16.8. The van der Waals surface area contributed by atoms with Crippen LogP contribution in [0.2, 0.25) is 0 Å². The molecule has 2 aromatic rings. The van der Waals surface area contributed by atoms with Crippen LogP contribution in [0, 0.1) is 0 Å². The van der Waals surface area contributed by atoms with Crippen molar-refractivity contribution < 1.29 is 36.4 Å². The molecule has 11 nitrogen and oxygen atoms in total. The van der Waals surface area contributed by atoms with Gasteiger partial charge in [0.1, 0.15) is 0 Å². The number of halogens is 1. The smallest absolute Gasteiger partial charge is 0.261 e. The third kappa shape index (κ3) is 7.04. The number of hydrogen-bond acceptors (Lipinski definition) is 8. The average Bonchev–Trinajstić information content (AvgIpc) is 3.22. The van der Waals surface area contributed by atoms with Crippen molar-refractivity contribution in [1.29, 1.82) is 0 Å². The van der Waals surface area contributed by atoms with Gasteiger partial charge in [-0.3, -0.25) is 33.2 Å². The Morgan fingerprint density at radius 1 is 0.806 bits per heavy atom. The van der Waals surface area contributed by atoms with Crippen LogP contribution >= 0.6 is 10.7 Å². The number of fused-ring (bicyclic) bond motifs is 2. The molecule has 14 heteroatoms. The van der Waals surface area contributed by atoms with Gasteiger partial charge in [-0.2, -0.15) is 0 Å². The van der Waals surface area contributed by atoms with Gasteiger partial charge in [0.15, 0.2) is 0 Å². The van der Waals surface area contributed by atoms with E-state index in [0.717, 1.165) is 9.21 Å². The molecule has 0 N–H and O–H groups in total. The van der Waals surface area contributed by atoms with E-state index >= 15 is 0 Å². The van der Waals surface area contributed by atoms with E-state index in [9.17, 15) is 36.4 Å². The van der Waals surface area contributed by atoms with Crippen LogP contribution in [0.3, 0.4) is 0 Å². The van der Waals surface area contributed by atoms with Crippen molar-refractivity contribution in [1.82, 2.24) is 14.1 Å². The lowest BCUT2D eigenvalue weighted by Gasteiger charge is -2.11. The van der Waals surface area contributed by atoms with Gasteiger partial charge < -0.3 is 4.55 Å². The average molecular weight is 557 g/mol. The molecule has 4 rings (SSSR count). The summed E-state index contributed by atoms with van der Waals surface area (Å²) in [6.45, 7) is 2.01. The van der Waals surface area contributed by atoms with Crippen molar-refractivity contribution in [2.45, 2.75) is 6.92 Å². The van der Waals surface area contributed by atoms with E-state index in [0.29, 0.717) is 28.8 Å². The van der Waals surface area contributed by atoms with E-state index in [4.69, 9.17) is 10.7 Å². The van der Waals surface area contributed by atoms with Gasteiger partial charge in [-0.15, -0.1) is 0 Å². The largest absolute Gasteiger partial charge is 0.760 e. The van der Waals surface area contributed by atoms with Crippen molar-refractivity contribution in [3.8, 4) is 0 Å². The first-order valence-corrected chi connectivity index (χ1v) is 13.9. The van der Waals surface area contributed by atoms with Gasteiger partial charge in [-0.05, 0) is 45.3 Å². The molecule has 2 aromatic carbocycles. The summed E-state index contributed by atoms with van der Waals surface area (Å²) >= 11 is -2.03. The first-order valence-electron chi connectivity index (χ1n) is 10.4. The number of carbonyl (C=O) groups excluding carboxylic acids is 4.